The molecule has 0 amide bonds. The summed E-state index contributed by atoms with van der Waals surface area (Å²) in [6.45, 7) is 5.05. The third-order valence-electron chi connectivity index (χ3n) is 4.29. The normalized spacial score (nSPS) is 19.6. The van der Waals surface area contributed by atoms with Crippen LogP contribution in [-0.4, -0.2) is 21.5 Å². The predicted octanol–water partition coefficient (Wildman–Crippen LogP) is 2.65. The lowest BCUT2D eigenvalue weighted by Gasteiger charge is -2.34. The number of rotatable bonds is 5. The molecule has 0 bridgehead atoms. The van der Waals surface area contributed by atoms with Crippen LogP contribution in [0.25, 0.3) is 0 Å². The van der Waals surface area contributed by atoms with Crippen molar-refractivity contribution in [3.8, 4) is 0 Å². The van der Waals surface area contributed by atoms with E-state index in [0.29, 0.717) is 16.9 Å². The second kappa shape index (κ2) is 6.46. The van der Waals surface area contributed by atoms with Gasteiger partial charge in [0, 0.05) is 12.6 Å². The van der Waals surface area contributed by atoms with Crippen molar-refractivity contribution in [3.63, 3.8) is 0 Å². The molecule has 1 fully saturated rings. The highest BCUT2D eigenvalue weighted by molar-refractivity contribution is 7.89. The number of nitrogens with one attached hydrogen (secondary N) is 2. The van der Waals surface area contributed by atoms with Crippen LogP contribution in [-0.2, 0) is 16.6 Å². The Hall–Kier alpha value is -0.910. The fourth-order valence-corrected chi connectivity index (χ4v) is 4.45. The van der Waals surface area contributed by atoms with E-state index >= 15 is 0 Å². The molecule has 1 aliphatic rings. The first-order valence-corrected chi connectivity index (χ1v) is 9.07. The van der Waals surface area contributed by atoms with Crippen LogP contribution in [0.3, 0.4) is 0 Å². The minimum absolute atomic E-state index is 0.0608. The maximum absolute atomic E-state index is 12.6. The second-order valence-electron chi connectivity index (χ2n) is 6.70. The molecule has 0 saturated heterocycles. The van der Waals surface area contributed by atoms with E-state index < -0.39 is 10.0 Å². The van der Waals surface area contributed by atoms with E-state index in [9.17, 15) is 8.42 Å². The van der Waals surface area contributed by atoms with Gasteiger partial charge in [-0.3, -0.25) is 0 Å². The van der Waals surface area contributed by atoms with Crippen LogP contribution >= 0.6 is 0 Å². The smallest absolute Gasteiger partial charge is 0.241 e. The Kier molecular flexibility index (Phi) is 5.07. The Morgan fingerprint density at radius 1 is 1.19 bits per heavy atom. The standard InChI is InChI=1S/C16H26N2O2S/c1-16(2)10-8-14(9-11-16)18-21(19,20)15-7-5-4-6-13(15)12-17-3/h4-7,14,17-18H,8-12H2,1-3H3. The molecule has 1 saturated carbocycles. The Balaban J connectivity index is 2.12. The van der Waals surface area contributed by atoms with Gasteiger partial charge in [-0.2, -0.15) is 0 Å². The fourth-order valence-electron chi connectivity index (χ4n) is 2.90. The summed E-state index contributed by atoms with van der Waals surface area (Å²) in [6, 6.07) is 7.24. The van der Waals surface area contributed by atoms with E-state index in [1.165, 1.54) is 0 Å². The number of hydrogen-bond acceptors (Lipinski definition) is 3. The van der Waals surface area contributed by atoms with E-state index in [2.05, 4.69) is 23.9 Å². The van der Waals surface area contributed by atoms with Crippen LogP contribution < -0.4 is 10.0 Å². The van der Waals surface area contributed by atoms with E-state index in [0.717, 1.165) is 31.2 Å². The summed E-state index contributed by atoms with van der Waals surface area (Å²) in [4.78, 5) is 0.393. The molecular formula is C16H26N2O2S. The second-order valence-corrected chi connectivity index (χ2v) is 8.38. The van der Waals surface area contributed by atoms with Gasteiger partial charge in [0.2, 0.25) is 10.0 Å². The summed E-state index contributed by atoms with van der Waals surface area (Å²) >= 11 is 0. The maximum Gasteiger partial charge on any atom is 0.241 e. The zero-order valence-corrected chi connectivity index (χ0v) is 14.0. The van der Waals surface area contributed by atoms with Crippen molar-refractivity contribution in [1.82, 2.24) is 10.0 Å². The largest absolute Gasteiger partial charge is 0.316 e. The van der Waals surface area contributed by atoms with Gasteiger partial charge < -0.3 is 5.32 Å². The molecule has 0 heterocycles. The molecule has 0 atom stereocenters. The topological polar surface area (TPSA) is 58.2 Å². The maximum atomic E-state index is 12.6. The summed E-state index contributed by atoms with van der Waals surface area (Å²) in [5.41, 5.74) is 1.15. The Morgan fingerprint density at radius 3 is 2.43 bits per heavy atom. The van der Waals surface area contributed by atoms with Crippen LogP contribution in [0, 0.1) is 5.41 Å². The molecule has 0 aliphatic heterocycles. The van der Waals surface area contributed by atoms with Crippen LogP contribution in [0.2, 0.25) is 0 Å². The predicted molar refractivity (Wildman–Crippen MR) is 85.6 cm³/mol. The molecule has 0 spiro atoms. The summed E-state index contributed by atoms with van der Waals surface area (Å²) in [6.07, 6.45) is 3.97. The van der Waals surface area contributed by atoms with Gasteiger partial charge >= 0.3 is 0 Å². The lowest BCUT2D eigenvalue weighted by atomic mass is 9.76. The highest BCUT2D eigenvalue weighted by Gasteiger charge is 2.30. The van der Waals surface area contributed by atoms with Crippen molar-refractivity contribution in [2.75, 3.05) is 7.05 Å². The number of benzene rings is 1. The Morgan fingerprint density at radius 2 is 1.81 bits per heavy atom. The third kappa shape index (κ3) is 4.28. The molecule has 2 N–H and O–H groups in total. The summed E-state index contributed by atoms with van der Waals surface area (Å²) < 4.78 is 28.1. The lowest BCUT2D eigenvalue weighted by Crippen LogP contribution is -2.39. The average Bonchev–Trinajstić information content (AvgIpc) is 2.42. The molecule has 21 heavy (non-hydrogen) atoms. The molecule has 0 unspecified atom stereocenters. The first-order valence-electron chi connectivity index (χ1n) is 7.59. The van der Waals surface area contributed by atoms with Crippen LogP contribution in [0.5, 0.6) is 0 Å². The van der Waals surface area contributed by atoms with Crippen LogP contribution in [0.1, 0.15) is 45.1 Å². The fraction of sp³-hybridized carbons (Fsp3) is 0.625. The van der Waals surface area contributed by atoms with Gasteiger partial charge in [-0.15, -0.1) is 0 Å². The van der Waals surface area contributed by atoms with Gasteiger partial charge in [0.25, 0.3) is 0 Å². The summed E-state index contributed by atoms with van der Waals surface area (Å²) in [7, 11) is -1.62. The zero-order valence-electron chi connectivity index (χ0n) is 13.1. The van der Waals surface area contributed by atoms with Crippen molar-refractivity contribution in [2.45, 2.75) is 57.0 Å². The summed E-state index contributed by atoms with van der Waals surface area (Å²) in [5.74, 6) is 0. The molecule has 5 heteroatoms. The quantitative estimate of drug-likeness (QED) is 0.879. The van der Waals surface area contributed by atoms with E-state index in [-0.39, 0.29) is 6.04 Å². The molecule has 4 nitrogen and oxygen atoms in total. The Bertz CT molecular complexity index is 572. The zero-order chi connectivity index (χ0) is 15.5. The van der Waals surface area contributed by atoms with Crippen molar-refractivity contribution in [3.05, 3.63) is 29.8 Å². The SMILES string of the molecule is CNCc1ccccc1S(=O)(=O)NC1CCC(C)(C)CC1. The Labute approximate surface area is 128 Å². The highest BCUT2D eigenvalue weighted by atomic mass is 32.2. The van der Waals surface area contributed by atoms with Gasteiger partial charge in [0.15, 0.2) is 0 Å². The highest BCUT2D eigenvalue weighted by Crippen LogP contribution is 2.35. The van der Waals surface area contributed by atoms with Crippen LogP contribution in [0.15, 0.2) is 29.2 Å². The molecule has 2 rings (SSSR count). The van der Waals surface area contributed by atoms with Gasteiger partial charge in [0.1, 0.15) is 0 Å². The van der Waals surface area contributed by atoms with Crippen LogP contribution in [0.4, 0.5) is 0 Å². The molecule has 0 radical (unpaired) electrons. The number of sulfonamides is 1. The van der Waals surface area contributed by atoms with Gasteiger partial charge in [-0.25, -0.2) is 13.1 Å². The minimum atomic E-state index is -3.44. The van der Waals surface area contributed by atoms with Gasteiger partial charge in [0.05, 0.1) is 4.90 Å². The van der Waals surface area contributed by atoms with E-state index in [4.69, 9.17) is 0 Å². The van der Waals surface area contributed by atoms with Crippen molar-refractivity contribution >= 4 is 10.0 Å². The molecule has 1 aromatic carbocycles. The molecule has 1 aromatic rings. The molecular weight excluding hydrogens is 284 g/mol. The van der Waals surface area contributed by atoms with Crippen molar-refractivity contribution < 1.29 is 8.42 Å². The lowest BCUT2D eigenvalue weighted by molar-refractivity contribution is 0.218. The molecule has 118 valence electrons. The van der Waals surface area contributed by atoms with E-state index in [1.54, 1.807) is 12.1 Å². The van der Waals surface area contributed by atoms with Crippen molar-refractivity contribution in [1.29, 1.82) is 0 Å². The van der Waals surface area contributed by atoms with Gasteiger partial charge in [-0.1, -0.05) is 32.0 Å². The molecule has 0 aromatic heterocycles. The third-order valence-corrected chi connectivity index (χ3v) is 5.91. The average molecular weight is 310 g/mol. The first kappa shape index (κ1) is 16.5. The minimum Gasteiger partial charge on any atom is -0.316 e. The molecule has 1 aliphatic carbocycles. The van der Waals surface area contributed by atoms with E-state index in [1.807, 2.05) is 19.2 Å². The number of hydrogen-bond donors (Lipinski definition) is 2. The van der Waals surface area contributed by atoms with Gasteiger partial charge in [-0.05, 0) is 49.8 Å². The first-order chi connectivity index (χ1) is 9.84. The summed E-state index contributed by atoms with van der Waals surface area (Å²) in [5, 5.41) is 3.02. The van der Waals surface area contributed by atoms with Crippen molar-refractivity contribution in [2.24, 2.45) is 5.41 Å². The monoisotopic (exact) mass is 310 g/mol.